The minimum Gasteiger partial charge on any atom is -0.348 e. The number of nitrogens with two attached hydrogens (primary N) is 1. The van der Waals surface area contributed by atoms with Gasteiger partial charge in [-0.2, -0.15) is 0 Å². The molecule has 0 saturated heterocycles. The van der Waals surface area contributed by atoms with Gasteiger partial charge in [-0.3, -0.25) is 4.79 Å². The SMILES string of the molecule is Cl.NCC1(NC(=O)CNS(=O)(=O)c2cccs2)CCCC1. The van der Waals surface area contributed by atoms with Crippen LogP contribution in [0.25, 0.3) is 0 Å². The van der Waals surface area contributed by atoms with Crippen molar-refractivity contribution in [3.8, 4) is 0 Å². The fourth-order valence-electron chi connectivity index (χ4n) is 2.42. The summed E-state index contributed by atoms with van der Waals surface area (Å²) in [6, 6.07) is 3.16. The fourth-order valence-corrected chi connectivity index (χ4v) is 4.44. The maximum absolute atomic E-state index is 11.9. The summed E-state index contributed by atoms with van der Waals surface area (Å²) in [6.07, 6.45) is 3.79. The van der Waals surface area contributed by atoms with Gasteiger partial charge in [0.05, 0.1) is 12.1 Å². The second kappa shape index (κ2) is 7.55. The van der Waals surface area contributed by atoms with E-state index in [0.717, 1.165) is 37.0 Å². The largest absolute Gasteiger partial charge is 0.348 e. The Morgan fingerprint density at radius 1 is 1.38 bits per heavy atom. The molecule has 1 aliphatic rings. The molecule has 9 heteroatoms. The zero-order valence-corrected chi connectivity index (χ0v) is 14.0. The van der Waals surface area contributed by atoms with Crippen molar-refractivity contribution in [1.82, 2.24) is 10.0 Å². The summed E-state index contributed by atoms with van der Waals surface area (Å²) in [5.74, 6) is -0.336. The van der Waals surface area contributed by atoms with Crippen LogP contribution in [0.4, 0.5) is 0 Å². The molecule has 1 amide bonds. The number of halogens is 1. The molecule has 21 heavy (non-hydrogen) atoms. The van der Waals surface area contributed by atoms with Gasteiger partial charge in [0.2, 0.25) is 5.91 Å². The quantitative estimate of drug-likeness (QED) is 0.705. The minimum atomic E-state index is -3.60. The summed E-state index contributed by atoms with van der Waals surface area (Å²) in [5.41, 5.74) is 5.37. The Morgan fingerprint density at radius 3 is 2.57 bits per heavy atom. The number of hydrogen-bond donors (Lipinski definition) is 3. The highest BCUT2D eigenvalue weighted by molar-refractivity contribution is 7.91. The van der Waals surface area contributed by atoms with Gasteiger partial charge in [0.25, 0.3) is 10.0 Å². The Morgan fingerprint density at radius 2 is 2.05 bits per heavy atom. The normalized spacial score (nSPS) is 17.2. The molecular weight excluding hydrogens is 334 g/mol. The monoisotopic (exact) mass is 353 g/mol. The average molecular weight is 354 g/mol. The van der Waals surface area contributed by atoms with Gasteiger partial charge in [-0.15, -0.1) is 23.7 Å². The summed E-state index contributed by atoms with van der Waals surface area (Å²) in [7, 11) is -3.60. The maximum atomic E-state index is 11.9. The van der Waals surface area contributed by atoms with Gasteiger partial charge in [-0.1, -0.05) is 18.9 Å². The molecule has 0 atom stereocenters. The molecule has 1 heterocycles. The molecular formula is C12H20ClN3O3S2. The molecule has 0 aliphatic heterocycles. The average Bonchev–Trinajstić information content (AvgIpc) is 3.08. The summed E-state index contributed by atoms with van der Waals surface area (Å²) in [4.78, 5) is 11.9. The standard InChI is InChI=1S/C12H19N3O3S2.ClH/c13-9-12(5-1-2-6-12)15-10(16)8-14-20(17,18)11-4-3-7-19-11;/h3-4,7,14H,1-2,5-6,8-9,13H2,(H,15,16);1H. The van der Waals surface area contributed by atoms with E-state index in [2.05, 4.69) is 10.0 Å². The third-order valence-corrected chi connectivity index (χ3v) is 6.34. The summed E-state index contributed by atoms with van der Waals surface area (Å²) < 4.78 is 26.3. The van der Waals surface area contributed by atoms with Gasteiger partial charge < -0.3 is 11.1 Å². The lowest BCUT2D eigenvalue weighted by Gasteiger charge is -2.28. The predicted octanol–water partition coefficient (Wildman–Crippen LogP) is 0.836. The molecule has 120 valence electrons. The molecule has 1 fully saturated rings. The molecule has 0 unspecified atom stereocenters. The first-order valence-corrected chi connectivity index (χ1v) is 8.88. The number of thiophene rings is 1. The molecule has 1 aromatic heterocycles. The highest BCUT2D eigenvalue weighted by Gasteiger charge is 2.33. The van der Waals surface area contributed by atoms with E-state index in [-0.39, 0.29) is 34.6 Å². The molecule has 0 radical (unpaired) electrons. The van der Waals surface area contributed by atoms with Crippen molar-refractivity contribution >= 4 is 39.7 Å². The van der Waals surface area contributed by atoms with Crippen LogP contribution in [0.15, 0.2) is 21.7 Å². The van der Waals surface area contributed by atoms with Crippen LogP contribution in [0, 0.1) is 0 Å². The fraction of sp³-hybridized carbons (Fsp3) is 0.583. The van der Waals surface area contributed by atoms with Crippen LogP contribution < -0.4 is 15.8 Å². The van der Waals surface area contributed by atoms with Gasteiger partial charge >= 0.3 is 0 Å². The first-order chi connectivity index (χ1) is 9.47. The molecule has 0 aromatic carbocycles. The van der Waals surface area contributed by atoms with Crippen molar-refractivity contribution in [2.24, 2.45) is 5.73 Å². The maximum Gasteiger partial charge on any atom is 0.250 e. The van der Waals surface area contributed by atoms with E-state index in [4.69, 9.17) is 5.73 Å². The number of hydrogen-bond acceptors (Lipinski definition) is 5. The van der Waals surface area contributed by atoms with Crippen LogP contribution in [-0.4, -0.2) is 33.0 Å². The van der Waals surface area contributed by atoms with E-state index >= 15 is 0 Å². The molecule has 1 aliphatic carbocycles. The van der Waals surface area contributed by atoms with E-state index in [9.17, 15) is 13.2 Å². The lowest BCUT2D eigenvalue weighted by atomic mass is 9.98. The zero-order chi connectivity index (χ0) is 14.6. The molecule has 1 saturated carbocycles. The second-order valence-corrected chi connectivity index (χ2v) is 7.94. The third kappa shape index (κ3) is 4.65. The molecule has 2 rings (SSSR count). The number of carbonyl (C=O) groups excluding carboxylic acids is 1. The predicted molar refractivity (Wildman–Crippen MR) is 85.2 cm³/mol. The van der Waals surface area contributed by atoms with E-state index in [0.29, 0.717) is 6.54 Å². The van der Waals surface area contributed by atoms with Crippen LogP contribution in [-0.2, 0) is 14.8 Å². The van der Waals surface area contributed by atoms with E-state index in [1.807, 2.05) is 0 Å². The summed E-state index contributed by atoms with van der Waals surface area (Å²) in [6.45, 7) is 0.123. The van der Waals surface area contributed by atoms with Crippen LogP contribution in [0.5, 0.6) is 0 Å². The second-order valence-electron chi connectivity index (χ2n) is 5.00. The van der Waals surface area contributed by atoms with Crippen LogP contribution >= 0.6 is 23.7 Å². The van der Waals surface area contributed by atoms with Crippen molar-refractivity contribution in [1.29, 1.82) is 0 Å². The summed E-state index contributed by atoms with van der Waals surface area (Å²) in [5, 5.41) is 4.55. The van der Waals surface area contributed by atoms with Gasteiger partial charge in [0.15, 0.2) is 0 Å². The van der Waals surface area contributed by atoms with Gasteiger partial charge in [-0.05, 0) is 24.3 Å². The molecule has 0 spiro atoms. The number of amides is 1. The Kier molecular flexibility index (Phi) is 6.61. The first-order valence-electron chi connectivity index (χ1n) is 6.52. The van der Waals surface area contributed by atoms with Gasteiger partial charge in [0.1, 0.15) is 4.21 Å². The number of sulfonamides is 1. The van der Waals surface area contributed by atoms with Gasteiger partial charge in [0, 0.05) is 6.54 Å². The Balaban J connectivity index is 0.00000220. The zero-order valence-electron chi connectivity index (χ0n) is 11.5. The molecule has 4 N–H and O–H groups in total. The number of rotatable bonds is 6. The summed E-state index contributed by atoms with van der Waals surface area (Å²) >= 11 is 1.12. The van der Waals surface area contributed by atoms with E-state index in [1.165, 1.54) is 6.07 Å². The topological polar surface area (TPSA) is 101 Å². The highest BCUT2D eigenvalue weighted by Crippen LogP contribution is 2.28. The Bertz CT molecular complexity index is 554. The van der Waals surface area contributed by atoms with Crippen molar-refractivity contribution in [3.63, 3.8) is 0 Å². The smallest absolute Gasteiger partial charge is 0.250 e. The van der Waals surface area contributed by atoms with Crippen molar-refractivity contribution in [2.75, 3.05) is 13.1 Å². The minimum absolute atomic E-state index is 0. The van der Waals surface area contributed by atoms with E-state index < -0.39 is 10.0 Å². The first kappa shape index (κ1) is 18.4. The van der Waals surface area contributed by atoms with Crippen molar-refractivity contribution < 1.29 is 13.2 Å². The van der Waals surface area contributed by atoms with Gasteiger partial charge in [-0.25, -0.2) is 13.1 Å². The Hall–Kier alpha value is -0.670. The lowest BCUT2D eigenvalue weighted by molar-refractivity contribution is -0.121. The molecule has 0 bridgehead atoms. The molecule has 6 nitrogen and oxygen atoms in total. The third-order valence-electron chi connectivity index (χ3n) is 3.54. The Labute approximate surface area is 135 Å². The molecule has 1 aromatic rings. The van der Waals surface area contributed by atoms with E-state index in [1.54, 1.807) is 11.4 Å². The number of carbonyl (C=O) groups is 1. The van der Waals surface area contributed by atoms with Crippen molar-refractivity contribution in [3.05, 3.63) is 17.5 Å². The van der Waals surface area contributed by atoms with Crippen LogP contribution in [0.1, 0.15) is 25.7 Å². The van der Waals surface area contributed by atoms with Crippen LogP contribution in [0.2, 0.25) is 0 Å². The lowest BCUT2D eigenvalue weighted by Crippen LogP contribution is -2.54. The van der Waals surface area contributed by atoms with Crippen LogP contribution in [0.3, 0.4) is 0 Å². The highest BCUT2D eigenvalue weighted by atomic mass is 35.5. The number of nitrogens with one attached hydrogen (secondary N) is 2. The van der Waals surface area contributed by atoms with Crippen molar-refractivity contribution in [2.45, 2.75) is 35.4 Å².